The van der Waals surface area contributed by atoms with Crippen molar-refractivity contribution in [1.82, 2.24) is 0 Å². The summed E-state index contributed by atoms with van der Waals surface area (Å²) in [5, 5.41) is 4.12. The molecule has 0 saturated carbocycles. The molecular formula is C13H9F3N2O3. The van der Waals surface area contributed by atoms with E-state index in [2.05, 4.69) is 5.32 Å². The Hall–Kier alpha value is -2.77. The zero-order valence-corrected chi connectivity index (χ0v) is 10.4. The van der Waals surface area contributed by atoms with Crippen molar-refractivity contribution in [2.45, 2.75) is 6.18 Å². The maximum Gasteiger partial charge on any atom is 0.471 e. The number of carbonyl (C=O) groups is 2. The third kappa shape index (κ3) is 3.85. The van der Waals surface area contributed by atoms with Gasteiger partial charge in [-0.15, -0.1) is 0 Å². The average molecular weight is 298 g/mol. The second-order valence-corrected chi connectivity index (χ2v) is 3.96. The van der Waals surface area contributed by atoms with Gasteiger partial charge in [-0.1, -0.05) is 6.07 Å². The van der Waals surface area contributed by atoms with Crippen molar-refractivity contribution in [3.8, 4) is 0 Å². The van der Waals surface area contributed by atoms with Crippen LogP contribution in [0, 0.1) is 0 Å². The van der Waals surface area contributed by atoms with Crippen LogP contribution in [-0.2, 0) is 4.79 Å². The highest BCUT2D eigenvalue weighted by molar-refractivity contribution is 6.03. The van der Waals surface area contributed by atoms with Gasteiger partial charge in [-0.3, -0.25) is 9.59 Å². The molecule has 1 aromatic carbocycles. The van der Waals surface area contributed by atoms with Gasteiger partial charge in [-0.2, -0.15) is 13.2 Å². The van der Waals surface area contributed by atoms with E-state index in [0.717, 1.165) is 0 Å². The summed E-state index contributed by atoms with van der Waals surface area (Å²) in [5.41, 5.74) is 0.131. The highest BCUT2D eigenvalue weighted by atomic mass is 19.4. The van der Waals surface area contributed by atoms with Crippen molar-refractivity contribution in [3.05, 3.63) is 48.4 Å². The summed E-state index contributed by atoms with van der Waals surface area (Å²) in [5.74, 6) is -2.59. The molecule has 0 aliphatic rings. The summed E-state index contributed by atoms with van der Waals surface area (Å²) in [6.07, 6.45) is -3.66. The number of carbonyl (C=O) groups excluding carboxylic acids is 2. The summed E-state index contributed by atoms with van der Waals surface area (Å²) in [6, 6.07) is 8.28. The predicted octanol–water partition coefficient (Wildman–Crippen LogP) is 3.03. The lowest BCUT2D eigenvalue weighted by Gasteiger charge is -2.09. The molecule has 2 rings (SSSR count). The molecule has 0 aliphatic carbocycles. The first kappa shape index (κ1) is 14.6. The average Bonchev–Trinajstić information content (AvgIpc) is 2.91. The fourth-order valence-electron chi connectivity index (χ4n) is 1.48. The molecule has 1 aromatic heterocycles. The molecule has 5 nitrogen and oxygen atoms in total. The molecule has 0 fully saturated rings. The van der Waals surface area contributed by atoms with Crippen molar-refractivity contribution < 1.29 is 27.2 Å². The first-order chi connectivity index (χ1) is 9.86. The van der Waals surface area contributed by atoms with E-state index in [1.165, 1.54) is 42.7 Å². The molecule has 2 N–H and O–H groups in total. The third-order valence-electron chi connectivity index (χ3n) is 2.38. The largest absolute Gasteiger partial charge is 0.471 e. The number of amides is 2. The fraction of sp³-hybridized carbons (Fsp3) is 0.0769. The smallest absolute Gasteiger partial charge is 0.459 e. The zero-order chi connectivity index (χ0) is 15.5. The maximum absolute atomic E-state index is 12.1. The molecule has 2 amide bonds. The zero-order valence-electron chi connectivity index (χ0n) is 10.4. The van der Waals surface area contributed by atoms with Gasteiger partial charge in [-0.05, 0) is 30.3 Å². The minimum absolute atomic E-state index is 0.0553. The number of halogens is 3. The van der Waals surface area contributed by atoms with E-state index < -0.39 is 18.0 Å². The summed E-state index contributed by atoms with van der Waals surface area (Å²) < 4.78 is 41.3. The Morgan fingerprint density at radius 1 is 1.00 bits per heavy atom. The third-order valence-corrected chi connectivity index (χ3v) is 2.38. The lowest BCUT2D eigenvalue weighted by molar-refractivity contribution is -0.167. The van der Waals surface area contributed by atoms with Crippen molar-refractivity contribution in [2.24, 2.45) is 0 Å². The number of anilines is 2. The van der Waals surface area contributed by atoms with E-state index in [0.29, 0.717) is 0 Å². The van der Waals surface area contributed by atoms with Crippen LogP contribution in [0.5, 0.6) is 0 Å². The second kappa shape index (κ2) is 5.70. The molecule has 0 radical (unpaired) electrons. The Labute approximate surface area is 116 Å². The van der Waals surface area contributed by atoms with E-state index >= 15 is 0 Å². The van der Waals surface area contributed by atoms with Crippen LogP contribution < -0.4 is 10.6 Å². The molecule has 21 heavy (non-hydrogen) atoms. The number of hydrogen-bond donors (Lipinski definition) is 2. The predicted molar refractivity (Wildman–Crippen MR) is 67.8 cm³/mol. The van der Waals surface area contributed by atoms with Gasteiger partial charge >= 0.3 is 12.1 Å². The van der Waals surface area contributed by atoms with Crippen LogP contribution in [0.4, 0.5) is 24.5 Å². The first-order valence-corrected chi connectivity index (χ1v) is 5.69. The summed E-state index contributed by atoms with van der Waals surface area (Å²) in [4.78, 5) is 22.5. The minimum atomic E-state index is -4.98. The van der Waals surface area contributed by atoms with E-state index in [1.807, 2.05) is 0 Å². The van der Waals surface area contributed by atoms with E-state index in [-0.39, 0.29) is 17.1 Å². The number of alkyl halides is 3. The van der Waals surface area contributed by atoms with E-state index in [1.54, 1.807) is 5.32 Å². The number of rotatable bonds is 3. The Morgan fingerprint density at radius 3 is 2.24 bits per heavy atom. The van der Waals surface area contributed by atoms with Crippen LogP contribution in [0.3, 0.4) is 0 Å². The molecule has 0 saturated heterocycles. The SMILES string of the molecule is O=C(Nc1cccc(NC(=O)C(F)(F)F)c1)c1ccco1. The summed E-state index contributed by atoms with van der Waals surface area (Å²) in [7, 11) is 0. The van der Waals surface area contributed by atoms with E-state index in [4.69, 9.17) is 4.42 Å². The van der Waals surface area contributed by atoms with Gasteiger partial charge in [0.05, 0.1) is 6.26 Å². The fourth-order valence-corrected chi connectivity index (χ4v) is 1.48. The molecule has 8 heteroatoms. The van der Waals surface area contributed by atoms with Crippen molar-refractivity contribution in [1.29, 1.82) is 0 Å². The van der Waals surface area contributed by atoms with Gasteiger partial charge in [0.25, 0.3) is 5.91 Å². The highest BCUT2D eigenvalue weighted by Gasteiger charge is 2.38. The van der Waals surface area contributed by atoms with Crippen LogP contribution in [-0.4, -0.2) is 18.0 Å². The number of nitrogens with one attached hydrogen (secondary N) is 2. The van der Waals surface area contributed by atoms with Gasteiger partial charge in [-0.25, -0.2) is 0 Å². The van der Waals surface area contributed by atoms with Gasteiger partial charge in [0.2, 0.25) is 0 Å². The highest BCUT2D eigenvalue weighted by Crippen LogP contribution is 2.20. The summed E-state index contributed by atoms with van der Waals surface area (Å²) in [6.45, 7) is 0. The quantitative estimate of drug-likeness (QED) is 0.915. The molecule has 0 bridgehead atoms. The number of hydrogen-bond acceptors (Lipinski definition) is 3. The van der Waals surface area contributed by atoms with Crippen molar-refractivity contribution in [2.75, 3.05) is 10.6 Å². The normalized spacial score (nSPS) is 11.0. The van der Waals surface area contributed by atoms with Gasteiger partial charge in [0.1, 0.15) is 0 Å². The van der Waals surface area contributed by atoms with Gasteiger partial charge in [0, 0.05) is 11.4 Å². The van der Waals surface area contributed by atoms with Crippen LogP contribution in [0.25, 0.3) is 0 Å². The lowest BCUT2D eigenvalue weighted by atomic mass is 10.2. The van der Waals surface area contributed by atoms with Crippen molar-refractivity contribution in [3.63, 3.8) is 0 Å². The summed E-state index contributed by atoms with van der Waals surface area (Å²) >= 11 is 0. The molecule has 0 unspecified atom stereocenters. The molecule has 2 aromatic rings. The molecular weight excluding hydrogens is 289 g/mol. The van der Waals surface area contributed by atoms with Gasteiger partial charge in [0.15, 0.2) is 5.76 Å². The molecule has 0 aliphatic heterocycles. The first-order valence-electron chi connectivity index (χ1n) is 5.69. The van der Waals surface area contributed by atoms with Crippen LogP contribution in [0.15, 0.2) is 47.1 Å². The number of benzene rings is 1. The topological polar surface area (TPSA) is 71.3 Å². The number of furan rings is 1. The van der Waals surface area contributed by atoms with Gasteiger partial charge < -0.3 is 15.1 Å². The minimum Gasteiger partial charge on any atom is -0.459 e. The Bertz CT molecular complexity index is 651. The standard InChI is InChI=1S/C13H9F3N2O3/c14-13(15,16)12(20)18-9-4-1-3-8(7-9)17-11(19)10-5-2-6-21-10/h1-7H,(H,17,19)(H,18,20). The van der Waals surface area contributed by atoms with Crippen molar-refractivity contribution >= 4 is 23.2 Å². The molecule has 0 spiro atoms. The molecule has 1 heterocycles. The Balaban J connectivity index is 2.08. The van der Waals surface area contributed by atoms with Crippen LogP contribution in [0.2, 0.25) is 0 Å². The second-order valence-electron chi connectivity index (χ2n) is 3.96. The monoisotopic (exact) mass is 298 g/mol. The lowest BCUT2D eigenvalue weighted by Crippen LogP contribution is -2.29. The Kier molecular flexibility index (Phi) is 3.97. The molecule has 0 atom stereocenters. The van der Waals surface area contributed by atoms with Crippen LogP contribution >= 0.6 is 0 Å². The Morgan fingerprint density at radius 2 is 1.67 bits per heavy atom. The van der Waals surface area contributed by atoms with E-state index in [9.17, 15) is 22.8 Å². The maximum atomic E-state index is 12.1. The molecule has 110 valence electrons. The van der Waals surface area contributed by atoms with Crippen LogP contribution in [0.1, 0.15) is 10.6 Å².